The number of ether oxygens (including phenoxy) is 2. The van der Waals surface area contributed by atoms with Gasteiger partial charge in [-0.3, -0.25) is 9.78 Å². The summed E-state index contributed by atoms with van der Waals surface area (Å²) in [6.45, 7) is 5.22. The number of carbonyl (C=O) groups is 2. The molecule has 0 spiro atoms. The number of fused-ring (bicyclic) bond motifs is 2. The fourth-order valence-corrected chi connectivity index (χ4v) is 6.50. The van der Waals surface area contributed by atoms with Crippen LogP contribution in [0.2, 0.25) is 0 Å². The summed E-state index contributed by atoms with van der Waals surface area (Å²) in [6, 6.07) is 8.74. The minimum atomic E-state index is -4.41. The maximum absolute atomic E-state index is 13.1. The van der Waals surface area contributed by atoms with Crippen molar-refractivity contribution >= 4 is 18.1 Å². The number of benzene rings is 1. The summed E-state index contributed by atoms with van der Waals surface area (Å²) in [4.78, 5) is 31.2. The van der Waals surface area contributed by atoms with Crippen molar-refractivity contribution in [3.63, 3.8) is 0 Å². The fourth-order valence-electron chi connectivity index (χ4n) is 6.50. The molecule has 3 aliphatic rings. The molecular weight excluding hydrogens is 497 g/mol. The Kier molecular flexibility index (Phi) is 7.20. The lowest BCUT2D eigenvalue weighted by Gasteiger charge is -2.48. The number of cyclic esters (lactones) is 1. The van der Waals surface area contributed by atoms with Crippen LogP contribution in [0, 0.1) is 29.6 Å². The second-order valence-corrected chi connectivity index (χ2v) is 10.4. The van der Waals surface area contributed by atoms with Gasteiger partial charge in [-0.05, 0) is 74.3 Å². The molecule has 0 radical (unpaired) electrons. The number of carbonyl (C=O) groups excluding carboxylic acids is 2. The minimum Gasteiger partial charge on any atom is -0.462 e. The Morgan fingerprint density at radius 3 is 2.76 bits per heavy atom. The maximum Gasteiger partial charge on any atom is 0.416 e. The van der Waals surface area contributed by atoms with Gasteiger partial charge in [0.1, 0.15) is 6.10 Å². The molecule has 1 saturated carbocycles. The number of allylic oxidation sites excluding steroid dienone is 1. The molecule has 5 rings (SSSR count). The highest BCUT2D eigenvalue weighted by Crippen LogP contribution is 2.51. The molecule has 38 heavy (non-hydrogen) atoms. The van der Waals surface area contributed by atoms with Crippen LogP contribution in [-0.4, -0.2) is 47.7 Å². The van der Waals surface area contributed by atoms with Gasteiger partial charge in [0.2, 0.25) is 0 Å². The number of alkyl halides is 3. The lowest BCUT2D eigenvalue weighted by atomic mass is 9.59. The van der Waals surface area contributed by atoms with E-state index in [2.05, 4.69) is 11.1 Å². The number of amides is 1. The van der Waals surface area contributed by atoms with Crippen LogP contribution in [0.3, 0.4) is 0 Å². The molecule has 1 amide bonds. The Hall–Kier alpha value is -3.36. The monoisotopic (exact) mass is 528 g/mol. The number of rotatable bonds is 4. The van der Waals surface area contributed by atoms with Crippen LogP contribution in [0.4, 0.5) is 18.0 Å². The molecule has 6 unspecified atom stereocenters. The van der Waals surface area contributed by atoms with Crippen molar-refractivity contribution in [2.75, 3.05) is 19.7 Å². The van der Waals surface area contributed by atoms with Crippen molar-refractivity contribution in [2.24, 2.45) is 29.6 Å². The smallest absolute Gasteiger partial charge is 0.416 e. The predicted octanol–water partition coefficient (Wildman–Crippen LogP) is 6.07. The topological polar surface area (TPSA) is 68.7 Å². The molecule has 3 heterocycles. The van der Waals surface area contributed by atoms with E-state index >= 15 is 0 Å². The Balaban J connectivity index is 1.36. The van der Waals surface area contributed by atoms with Gasteiger partial charge in [-0.15, -0.1) is 0 Å². The summed E-state index contributed by atoms with van der Waals surface area (Å²) in [6.07, 6.45) is 2.20. The summed E-state index contributed by atoms with van der Waals surface area (Å²) in [5, 5.41) is 0. The van der Waals surface area contributed by atoms with E-state index in [4.69, 9.17) is 9.47 Å². The van der Waals surface area contributed by atoms with Gasteiger partial charge in [0.25, 0.3) is 0 Å². The fraction of sp³-hybridized carbons (Fsp3) is 0.483. The third kappa shape index (κ3) is 5.15. The third-order valence-corrected chi connectivity index (χ3v) is 8.22. The van der Waals surface area contributed by atoms with Crippen LogP contribution >= 0.6 is 0 Å². The molecule has 1 aromatic heterocycles. The Bertz CT molecular complexity index is 1210. The van der Waals surface area contributed by atoms with Crippen LogP contribution in [0.1, 0.15) is 37.9 Å². The lowest BCUT2D eigenvalue weighted by molar-refractivity contribution is -0.144. The average molecular weight is 529 g/mol. The summed E-state index contributed by atoms with van der Waals surface area (Å²) in [7, 11) is 0. The molecule has 1 aromatic carbocycles. The van der Waals surface area contributed by atoms with Gasteiger partial charge in [0, 0.05) is 30.8 Å². The number of halogens is 3. The predicted molar refractivity (Wildman–Crippen MR) is 135 cm³/mol. The van der Waals surface area contributed by atoms with E-state index in [9.17, 15) is 22.8 Å². The number of piperidine rings is 1. The molecular formula is C29H31F3N2O4. The lowest BCUT2D eigenvalue weighted by Crippen LogP contribution is -2.51. The van der Waals surface area contributed by atoms with Crippen molar-refractivity contribution in [1.82, 2.24) is 9.88 Å². The largest absolute Gasteiger partial charge is 0.462 e. The highest BCUT2D eigenvalue weighted by molar-refractivity contribution is 5.76. The summed E-state index contributed by atoms with van der Waals surface area (Å²) >= 11 is 0. The average Bonchev–Trinajstić information content (AvgIpc) is 3.19. The van der Waals surface area contributed by atoms with E-state index in [0.29, 0.717) is 48.9 Å². The van der Waals surface area contributed by atoms with Crippen molar-refractivity contribution in [3.05, 3.63) is 59.9 Å². The van der Waals surface area contributed by atoms with Crippen LogP contribution in [0.25, 0.3) is 17.2 Å². The van der Waals surface area contributed by atoms with Gasteiger partial charge in [-0.2, -0.15) is 13.2 Å². The van der Waals surface area contributed by atoms with E-state index in [1.807, 2.05) is 13.0 Å². The first-order valence-electron chi connectivity index (χ1n) is 13.1. The number of aromatic nitrogens is 1. The van der Waals surface area contributed by atoms with Crippen molar-refractivity contribution < 1.29 is 32.2 Å². The van der Waals surface area contributed by atoms with E-state index < -0.39 is 11.7 Å². The quantitative estimate of drug-likeness (QED) is 0.451. The molecule has 0 N–H and O–H groups in total. The number of hydrogen-bond acceptors (Lipinski definition) is 5. The number of esters is 1. The van der Waals surface area contributed by atoms with Gasteiger partial charge in [-0.1, -0.05) is 24.3 Å². The number of pyridine rings is 1. The van der Waals surface area contributed by atoms with Crippen LogP contribution < -0.4 is 0 Å². The molecule has 3 fully saturated rings. The Morgan fingerprint density at radius 1 is 1.24 bits per heavy atom. The van der Waals surface area contributed by atoms with E-state index in [1.165, 1.54) is 6.07 Å². The molecule has 0 bridgehead atoms. The first kappa shape index (κ1) is 26.3. The first-order valence-corrected chi connectivity index (χ1v) is 13.1. The zero-order valence-electron chi connectivity index (χ0n) is 21.4. The second-order valence-electron chi connectivity index (χ2n) is 10.4. The van der Waals surface area contributed by atoms with Gasteiger partial charge < -0.3 is 14.4 Å². The summed E-state index contributed by atoms with van der Waals surface area (Å²) in [5.74, 6) is 0.209. The standard InChI is InChI=1S/C29H31F3N2O4/c1-3-37-28(36)34-12-11-23-20(16-34)14-25-26(17(2)38-27(25)35)24(23)10-9-22-8-7-19(15-33-22)18-5-4-6-21(13-18)29(30,31)32/h4-10,13,15,17,20,23-26H,3,11-12,14,16H2,1-2H3/b10-9+. The van der Waals surface area contributed by atoms with Crippen LogP contribution in [-0.2, 0) is 20.4 Å². The number of likely N-dealkylation sites (tertiary alicyclic amines) is 1. The maximum atomic E-state index is 13.1. The van der Waals surface area contributed by atoms with Gasteiger partial charge in [0.05, 0.1) is 23.8 Å². The molecule has 2 aliphatic heterocycles. The SMILES string of the molecule is CCOC(=O)N1CCC2C(CC3C(=O)OC(C)C3C2/C=C/c2ccc(-c3cccc(C(F)(F)F)c3)cn2)C1. The Morgan fingerprint density at radius 2 is 2.05 bits per heavy atom. The zero-order valence-corrected chi connectivity index (χ0v) is 21.4. The second kappa shape index (κ2) is 10.4. The summed E-state index contributed by atoms with van der Waals surface area (Å²) in [5.41, 5.74) is 1.03. The Labute approximate surface area is 219 Å². The molecule has 202 valence electrons. The van der Waals surface area contributed by atoms with E-state index in [-0.39, 0.29) is 41.8 Å². The first-order chi connectivity index (χ1) is 18.2. The summed E-state index contributed by atoms with van der Waals surface area (Å²) < 4.78 is 50.1. The van der Waals surface area contributed by atoms with E-state index in [0.717, 1.165) is 18.6 Å². The number of hydrogen-bond donors (Lipinski definition) is 0. The van der Waals surface area contributed by atoms with E-state index in [1.54, 1.807) is 36.2 Å². The van der Waals surface area contributed by atoms with Crippen LogP contribution in [0.15, 0.2) is 48.7 Å². The highest BCUT2D eigenvalue weighted by Gasteiger charge is 2.54. The highest BCUT2D eigenvalue weighted by atomic mass is 19.4. The molecule has 6 nitrogen and oxygen atoms in total. The molecule has 6 atom stereocenters. The molecule has 2 saturated heterocycles. The zero-order chi connectivity index (χ0) is 27.0. The van der Waals surface area contributed by atoms with Crippen LogP contribution in [0.5, 0.6) is 0 Å². The van der Waals surface area contributed by atoms with Gasteiger partial charge in [-0.25, -0.2) is 4.79 Å². The molecule has 9 heteroatoms. The van der Waals surface area contributed by atoms with Crippen molar-refractivity contribution in [1.29, 1.82) is 0 Å². The minimum absolute atomic E-state index is 0.0542. The van der Waals surface area contributed by atoms with Crippen molar-refractivity contribution in [2.45, 2.75) is 39.0 Å². The van der Waals surface area contributed by atoms with Gasteiger partial charge >= 0.3 is 18.2 Å². The third-order valence-electron chi connectivity index (χ3n) is 8.22. The van der Waals surface area contributed by atoms with Gasteiger partial charge in [0.15, 0.2) is 0 Å². The molecule has 2 aromatic rings. The molecule has 1 aliphatic carbocycles. The number of nitrogens with zero attached hydrogens (tertiary/aromatic N) is 2. The van der Waals surface area contributed by atoms with Crippen molar-refractivity contribution in [3.8, 4) is 11.1 Å². The normalized spacial score (nSPS) is 29.1.